The van der Waals surface area contributed by atoms with E-state index >= 15 is 0 Å². The van der Waals surface area contributed by atoms with Gasteiger partial charge in [0.2, 0.25) is 5.95 Å². The van der Waals surface area contributed by atoms with Gasteiger partial charge in [0.25, 0.3) is 0 Å². The van der Waals surface area contributed by atoms with Crippen molar-refractivity contribution < 1.29 is 9.53 Å². The summed E-state index contributed by atoms with van der Waals surface area (Å²) in [5.41, 5.74) is 6.38. The molecular weight excluding hydrogens is 238 g/mol. The van der Waals surface area contributed by atoms with Crippen LogP contribution in [0.15, 0.2) is 29.3 Å². The quantitative estimate of drug-likeness (QED) is 0.504. The molecule has 0 aliphatic heterocycles. The maximum absolute atomic E-state index is 11.1. The van der Waals surface area contributed by atoms with Crippen LogP contribution in [-0.4, -0.2) is 28.8 Å². The number of methoxy groups -OCH3 is 1. The van der Waals surface area contributed by atoms with Crippen molar-refractivity contribution in [1.29, 1.82) is 0 Å². The lowest BCUT2D eigenvalue weighted by atomic mass is 10.2. The Balaban J connectivity index is 2.35. The molecule has 0 saturated carbocycles. The zero-order chi connectivity index (χ0) is 12.3. The molecule has 2 rings (SSSR count). The monoisotopic (exact) mass is 249 g/mol. The van der Waals surface area contributed by atoms with Crippen molar-refractivity contribution in [3.05, 3.63) is 24.3 Å². The van der Waals surface area contributed by atoms with Crippen molar-refractivity contribution in [2.75, 3.05) is 18.6 Å². The number of hydrogen-bond donors (Lipinski definition) is 1. The van der Waals surface area contributed by atoms with E-state index in [-0.39, 0.29) is 17.7 Å². The maximum Gasteiger partial charge on any atom is 0.316 e. The Morgan fingerprint density at radius 1 is 1.41 bits per heavy atom. The predicted octanol–water partition coefficient (Wildman–Crippen LogP) is 1.48. The summed E-state index contributed by atoms with van der Waals surface area (Å²) in [6, 6.07) is 7.53. The SMILES string of the molecule is COC(=O)CSc1nc(N)nc2ccccc12. The number of aromatic nitrogens is 2. The molecule has 5 nitrogen and oxygen atoms in total. The van der Waals surface area contributed by atoms with Crippen molar-refractivity contribution in [3.8, 4) is 0 Å². The molecule has 0 unspecified atom stereocenters. The second kappa shape index (κ2) is 5.01. The number of carbonyl (C=O) groups excluding carboxylic acids is 1. The van der Waals surface area contributed by atoms with E-state index in [0.717, 1.165) is 10.9 Å². The Labute approximate surface area is 102 Å². The Morgan fingerprint density at radius 3 is 2.94 bits per heavy atom. The van der Waals surface area contributed by atoms with Crippen LogP contribution in [0.25, 0.3) is 10.9 Å². The van der Waals surface area contributed by atoms with Gasteiger partial charge < -0.3 is 10.5 Å². The number of fused-ring (bicyclic) bond motifs is 1. The van der Waals surface area contributed by atoms with Gasteiger partial charge >= 0.3 is 5.97 Å². The Morgan fingerprint density at radius 2 is 2.18 bits per heavy atom. The van der Waals surface area contributed by atoms with E-state index < -0.39 is 0 Å². The predicted molar refractivity (Wildman–Crippen MR) is 66.7 cm³/mol. The van der Waals surface area contributed by atoms with E-state index in [1.807, 2.05) is 24.3 Å². The molecule has 0 radical (unpaired) electrons. The summed E-state index contributed by atoms with van der Waals surface area (Å²) in [6.07, 6.45) is 0. The molecule has 1 aromatic carbocycles. The first kappa shape index (κ1) is 11.7. The average Bonchev–Trinajstić information content (AvgIpc) is 2.35. The minimum Gasteiger partial charge on any atom is -0.468 e. The fraction of sp³-hybridized carbons (Fsp3) is 0.182. The van der Waals surface area contributed by atoms with Crippen LogP contribution in [0, 0.1) is 0 Å². The second-order valence-corrected chi connectivity index (χ2v) is 4.23. The number of anilines is 1. The molecule has 2 aromatic rings. The standard InChI is InChI=1S/C11H11N3O2S/c1-16-9(15)6-17-10-7-4-2-3-5-8(7)13-11(12)14-10/h2-5H,6H2,1H3,(H2,12,13,14). The smallest absolute Gasteiger partial charge is 0.316 e. The Bertz CT molecular complexity index is 559. The van der Waals surface area contributed by atoms with Gasteiger partial charge in [-0.05, 0) is 6.07 Å². The number of thioether (sulfide) groups is 1. The van der Waals surface area contributed by atoms with Crippen LogP contribution in [0.2, 0.25) is 0 Å². The fourth-order valence-electron chi connectivity index (χ4n) is 1.36. The number of carbonyl (C=O) groups is 1. The lowest BCUT2D eigenvalue weighted by molar-refractivity contribution is -0.137. The molecule has 0 amide bonds. The highest BCUT2D eigenvalue weighted by atomic mass is 32.2. The maximum atomic E-state index is 11.1. The molecule has 1 aromatic heterocycles. The molecule has 0 aliphatic carbocycles. The average molecular weight is 249 g/mol. The van der Waals surface area contributed by atoms with Crippen LogP contribution in [0.5, 0.6) is 0 Å². The summed E-state index contributed by atoms with van der Waals surface area (Å²) in [5, 5.41) is 1.58. The number of para-hydroxylation sites is 1. The Hall–Kier alpha value is -1.82. The van der Waals surface area contributed by atoms with E-state index in [9.17, 15) is 4.79 Å². The highest BCUT2D eigenvalue weighted by Crippen LogP contribution is 2.25. The third-order valence-electron chi connectivity index (χ3n) is 2.14. The van der Waals surface area contributed by atoms with E-state index in [0.29, 0.717) is 5.03 Å². The first-order valence-electron chi connectivity index (χ1n) is 4.92. The van der Waals surface area contributed by atoms with E-state index in [4.69, 9.17) is 5.73 Å². The number of nitrogen functional groups attached to an aromatic ring is 1. The molecule has 6 heteroatoms. The van der Waals surface area contributed by atoms with Crippen LogP contribution in [-0.2, 0) is 9.53 Å². The summed E-state index contributed by atoms with van der Waals surface area (Å²) >= 11 is 1.29. The topological polar surface area (TPSA) is 78.1 Å². The normalized spacial score (nSPS) is 10.4. The first-order chi connectivity index (χ1) is 8.20. The third-order valence-corrected chi connectivity index (χ3v) is 3.10. The van der Waals surface area contributed by atoms with Gasteiger partial charge in [-0.15, -0.1) is 0 Å². The van der Waals surface area contributed by atoms with Crippen LogP contribution >= 0.6 is 11.8 Å². The van der Waals surface area contributed by atoms with Gasteiger partial charge in [-0.25, -0.2) is 9.97 Å². The first-order valence-corrected chi connectivity index (χ1v) is 5.91. The van der Waals surface area contributed by atoms with Crippen molar-refractivity contribution >= 4 is 34.6 Å². The molecule has 0 bridgehead atoms. The molecule has 2 N–H and O–H groups in total. The van der Waals surface area contributed by atoms with Crippen molar-refractivity contribution in [3.63, 3.8) is 0 Å². The lowest BCUT2D eigenvalue weighted by Crippen LogP contribution is -2.04. The van der Waals surface area contributed by atoms with Crippen molar-refractivity contribution in [2.45, 2.75) is 5.03 Å². The molecule has 0 spiro atoms. The number of rotatable bonds is 3. The minimum absolute atomic E-state index is 0.205. The summed E-state index contributed by atoms with van der Waals surface area (Å²) in [5.74, 6) is 0.115. The number of esters is 1. The number of nitrogens with two attached hydrogens (primary N) is 1. The summed E-state index contributed by atoms with van der Waals surface area (Å²) in [4.78, 5) is 19.3. The van der Waals surface area contributed by atoms with Gasteiger partial charge in [-0.1, -0.05) is 30.0 Å². The number of hydrogen-bond acceptors (Lipinski definition) is 6. The molecule has 88 valence electrons. The van der Waals surface area contributed by atoms with Gasteiger partial charge in [-0.2, -0.15) is 0 Å². The molecule has 0 atom stereocenters. The summed E-state index contributed by atoms with van der Waals surface area (Å²) < 4.78 is 4.58. The molecule has 0 fully saturated rings. The number of benzene rings is 1. The van der Waals surface area contributed by atoms with Crippen LogP contribution in [0.4, 0.5) is 5.95 Å². The van der Waals surface area contributed by atoms with Crippen molar-refractivity contribution in [1.82, 2.24) is 9.97 Å². The molecule has 17 heavy (non-hydrogen) atoms. The number of ether oxygens (including phenoxy) is 1. The molecule has 1 heterocycles. The van der Waals surface area contributed by atoms with Crippen LogP contribution in [0.3, 0.4) is 0 Å². The van der Waals surface area contributed by atoms with Crippen LogP contribution in [0.1, 0.15) is 0 Å². The van der Waals surface area contributed by atoms with Gasteiger partial charge in [0, 0.05) is 5.39 Å². The van der Waals surface area contributed by atoms with Gasteiger partial charge in [0.1, 0.15) is 5.03 Å². The second-order valence-electron chi connectivity index (χ2n) is 3.27. The van der Waals surface area contributed by atoms with E-state index in [1.54, 1.807) is 0 Å². The summed E-state index contributed by atoms with van der Waals surface area (Å²) in [6.45, 7) is 0. The Kier molecular flexibility index (Phi) is 3.43. The van der Waals surface area contributed by atoms with Gasteiger partial charge in [0.15, 0.2) is 0 Å². The molecule has 0 saturated heterocycles. The van der Waals surface area contributed by atoms with Gasteiger partial charge in [0.05, 0.1) is 18.4 Å². The summed E-state index contributed by atoms with van der Waals surface area (Å²) in [7, 11) is 1.36. The van der Waals surface area contributed by atoms with Crippen LogP contribution < -0.4 is 5.73 Å². The fourth-order valence-corrected chi connectivity index (χ4v) is 2.22. The minimum atomic E-state index is -0.295. The zero-order valence-corrected chi connectivity index (χ0v) is 10.0. The highest BCUT2D eigenvalue weighted by Gasteiger charge is 2.09. The van der Waals surface area contributed by atoms with E-state index in [1.165, 1.54) is 18.9 Å². The highest BCUT2D eigenvalue weighted by molar-refractivity contribution is 8.00. The molecule has 0 aliphatic rings. The number of nitrogens with zero attached hydrogens (tertiary/aromatic N) is 2. The molecular formula is C11H11N3O2S. The zero-order valence-electron chi connectivity index (χ0n) is 9.21. The van der Waals surface area contributed by atoms with Crippen molar-refractivity contribution in [2.24, 2.45) is 0 Å². The van der Waals surface area contributed by atoms with E-state index in [2.05, 4.69) is 14.7 Å². The largest absolute Gasteiger partial charge is 0.468 e. The van der Waals surface area contributed by atoms with Gasteiger partial charge in [-0.3, -0.25) is 4.79 Å². The third kappa shape index (κ3) is 2.65. The lowest BCUT2D eigenvalue weighted by Gasteiger charge is -2.05.